The number of hydrogen-bond donors (Lipinski definition) is 1. The topological polar surface area (TPSA) is 65.7 Å². The van der Waals surface area contributed by atoms with Crippen LogP contribution in [-0.4, -0.2) is 55.1 Å². The Morgan fingerprint density at radius 1 is 1.11 bits per heavy atom. The van der Waals surface area contributed by atoms with Gasteiger partial charge in [0.1, 0.15) is 0 Å². The fourth-order valence-corrected chi connectivity index (χ4v) is 4.01. The molecule has 2 aliphatic rings. The second kappa shape index (κ2) is 7.66. The quantitative estimate of drug-likeness (QED) is 0.896. The summed E-state index contributed by atoms with van der Waals surface area (Å²) in [4.78, 5) is 23.1. The maximum atomic E-state index is 12.4. The highest BCUT2D eigenvalue weighted by molar-refractivity contribution is 5.98. The van der Waals surface area contributed by atoms with Crippen LogP contribution >= 0.6 is 0 Å². The van der Waals surface area contributed by atoms with E-state index in [-0.39, 0.29) is 5.91 Å². The summed E-state index contributed by atoms with van der Waals surface area (Å²) in [6.45, 7) is 4.99. The van der Waals surface area contributed by atoms with E-state index < -0.39 is 6.04 Å². The highest BCUT2D eigenvalue weighted by Crippen LogP contribution is 2.27. The number of nitrogens with zero attached hydrogens (tertiary/aromatic N) is 4. The Hall–Kier alpha value is -2.44. The number of amides is 1. The number of aromatic nitrogens is 1. The lowest BCUT2D eigenvalue weighted by Crippen LogP contribution is -2.46. The van der Waals surface area contributed by atoms with Gasteiger partial charge in [-0.25, -0.2) is 0 Å². The van der Waals surface area contributed by atoms with Gasteiger partial charge < -0.3 is 15.5 Å². The van der Waals surface area contributed by atoms with Crippen molar-refractivity contribution in [3.63, 3.8) is 0 Å². The number of aryl methyl sites for hydroxylation is 1. The number of nitrogens with two attached hydrogens (primary N) is 1. The number of hydrogen-bond acceptors (Lipinski definition) is 5. The molecule has 0 radical (unpaired) electrons. The molecule has 6 nitrogen and oxygen atoms in total. The zero-order valence-corrected chi connectivity index (χ0v) is 15.8. The average Bonchev–Trinajstić information content (AvgIpc) is 2.82. The Morgan fingerprint density at radius 3 is 2.59 bits per heavy atom. The largest absolute Gasteiger partial charge is 0.369 e. The van der Waals surface area contributed by atoms with Crippen LogP contribution in [0.2, 0.25) is 0 Å². The van der Waals surface area contributed by atoms with Gasteiger partial charge in [0.2, 0.25) is 5.91 Å². The van der Waals surface area contributed by atoms with Crippen LogP contribution in [0.4, 0.5) is 11.4 Å². The minimum absolute atomic E-state index is 0.0110. The summed E-state index contributed by atoms with van der Waals surface area (Å²) in [5.41, 5.74) is 10.7. The molecule has 27 heavy (non-hydrogen) atoms. The number of likely N-dealkylation sites (N-methyl/N-ethyl adjacent to an activating group) is 1. The lowest BCUT2D eigenvalue weighted by molar-refractivity contribution is -0.119. The van der Waals surface area contributed by atoms with E-state index in [1.54, 1.807) is 4.90 Å². The van der Waals surface area contributed by atoms with E-state index in [4.69, 9.17) is 5.73 Å². The van der Waals surface area contributed by atoms with Crippen molar-refractivity contribution in [2.75, 3.05) is 43.0 Å². The van der Waals surface area contributed by atoms with Gasteiger partial charge in [-0.05, 0) is 42.2 Å². The van der Waals surface area contributed by atoms with E-state index in [1.807, 2.05) is 19.4 Å². The number of piperazine rings is 1. The first-order valence-corrected chi connectivity index (χ1v) is 9.64. The minimum atomic E-state index is -0.396. The third-order valence-corrected chi connectivity index (χ3v) is 5.69. The predicted octanol–water partition coefficient (Wildman–Crippen LogP) is 1.64. The van der Waals surface area contributed by atoms with Crippen molar-refractivity contribution in [2.24, 2.45) is 5.73 Å². The Morgan fingerprint density at radius 2 is 1.85 bits per heavy atom. The normalized spacial score (nSPS) is 21.1. The SMILES string of the molecule is CN1C(=O)C(N)CCc2ccc(CN3CCN(c4ccncc4)CC3)cc21. The van der Waals surface area contributed by atoms with Crippen LogP contribution in [0.15, 0.2) is 42.7 Å². The lowest BCUT2D eigenvalue weighted by atomic mass is 10.0. The van der Waals surface area contributed by atoms with Crippen LogP contribution in [0.1, 0.15) is 17.5 Å². The van der Waals surface area contributed by atoms with Crippen LogP contribution in [0.25, 0.3) is 0 Å². The molecule has 6 heteroatoms. The summed E-state index contributed by atoms with van der Waals surface area (Å²) in [7, 11) is 1.84. The molecule has 1 atom stereocenters. The van der Waals surface area contributed by atoms with Crippen molar-refractivity contribution < 1.29 is 4.79 Å². The molecule has 1 aromatic heterocycles. The Bertz CT molecular complexity index is 801. The van der Waals surface area contributed by atoms with E-state index in [2.05, 4.69) is 45.1 Å². The van der Waals surface area contributed by atoms with E-state index in [1.165, 1.54) is 16.8 Å². The fourth-order valence-electron chi connectivity index (χ4n) is 4.01. The van der Waals surface area contributed by atoms with Crippen LogP contribution < -0.4 is 15.5 Å². The zero-order chi connectivity index (χ0) is 18.8. The fraction of sp³-hybridized carbons (Fsp3) is 0.429. The van der Waals surface area contributed by atoms with Gasteiger partial charge in [0, 0.05) is 63.5 Å². The van der Waals surface area contributed by atoms with Crippen LogP contribution in [0, 0.1) is 0 Å². The molecule has 0 aliphatic carbocycles. The molecule has 142 valence electrons. The second-order valence-electron chi connectivity index (χ2n) is 7.47. The van der Waals surface area contributed by atoms with Crippen molar-refractivity contribution in [1.29, 1.82) is 0 Å². The number of pyridine rings is 1. The number of fused-ring (bicyclic) bond motifs is 1. The molecule has 1 saturated heterocycles. The molecule has 3 heterocycles. The monoisotopic (exact) mass is 365 g/mol. The van der Waals surface area contributed by atoms with Gasteiger partial charge in [0.05, 0.1) is 6.04 Å². The van der Waals surface area contributed by atoms with Crippen molar-refractivity contribution >= 4 is 17.3 Å². The molecule has 0 saturated carbocycles. The Kier molecular flexibility index (Phi) is 5.09. The molecular formula is C21H27N5O. The number of carbonyl (C=O) groups excluding carboxylic acids is 1. The molecule has 4 rings (SSSR count). The van der Waals surface area contributed by atoms with Gasteiger partial charge in [-0.3, -0.25) is 14.7 Å². The highest BCUT2D eigenvalue weighted by atomic mass is 16.2. The summed E-state index contributed by atoms with van der Waals surface area (Å²) in [5.74, 6) is 0.0110. The molecule has 2 aromatic rings. The molecule has 2 N–H and O–H groups in total. The Balaban J connectivity index is 1.42. The van der Waals surface area contributed by atoms with Crippen molar-refractivity contribution in [2.45, 2.75) is 25.4 Å². The summed E-state index contributed by atoms with van der Waals surface area (Å²) < 4.78 is 0. The van der Waals surface area contributed by atoms with Crippen LogP contribution in [0.5, 0.6) is 0 Å². The molecule has 2 aliphatic heterocycles. The number of anilines is 2. The van der Waals surface area contributed by atoms with Gasteiger partial charge in [0.25, 0.3) is 0 Å². The standard InChI is InChI=1S/C21H27N5O/c1-24-20-14-16(2-3-17(20)4-5-19(22)21(24)27)15-25-10-12-26(13-11-25)18-6-8-23-9-7-18/h2-3,6-9,14,19H,4-5,10-13,15,22H2,1H3. The molecule has 1 fully saturated rings. The third-order valence-electron chi connectivity index (χ3n) is 5.69. The third kappa shape index (κ3) is 3.82. The second-order valence-corrected chi connectivity index (χ2v) is 7.47. The van der Waals surface area contributed by atoms with Gasteiger partial charge >= 0.3 is 0 Å². The van der Waals surface area contributed by atoms with Crippen molar-refractivity contribution in [1.82, 2.24) is 9.88 Å². The first-order valence-electron chi connectivity index (χ1n) is 9.64. The van der Waals surface area contributed by atoms with Gasteiger partial charge in [0.15, 0.2) is 0 Å². The molecule has 1 aromatic carbocycles. The molecule has 1 unspecified atom stereocenters. The molecule has 0 spiro atoms. The smallest absolute Gasteiger partial charge is 0.243 e. The average molecular weight is 365 g/mol. The minimum Gasteiger partial charge on any atom is -0.369 e. The Labute approximate surface area is 160 Å². The number of benzene rings is 1. The maximum Gasteiger partial charge on any atom is 0.243 e. The summed E-state index contributed by atoms with van der Waals surface area (Å²) >= 11 is 0. The number of rotatable bonds is 3. The van der Waals surface area contributed by atoms with Gasteiger partial charge in [-0.15, -0.1) is 0 Å². The predicted molar refractivity (Wildman–Crippen MR) is 108 cm³/mol. The van der Waals surface area contributed by atoms with Crippen LogP contribution in [-0.2, 0) is 17.8 Å². The molecular weight excluding hydrogens is 338 g/mol. The summed E-state index contributed by atoms with van der Waals surface area (Å²) in [6, 6.07) is 10.3. The van der Waals surface area contributed by atoms with Gasteiger partial charge in [-0.1, -0.05) is 12.1 Å². The van der Waals surface area contributed by atoms with E-state index in [0.29, 0.717) is 6.42 Å². The summed E-state index contributed by atoms with van der Waals surface area (Å²) in [6.07, 6.45) is 5.27. The van der Waals surface area contributed by atoms with Crippen molar-refractivity contribution in [3.8, 4) is 0 Å². The van der Waals surface area contributed by atoms with E-state index in [0.717, 1.165) is 44.8 Å². The van der Waals surface area contributed by atoms with Gasteiger partial charge in [-0.2, -0.15) is 0 Å². The maximum absolute atomic E-state index is 12.4. The summed E-state index contributed by atoms with van der Waals surface area (Å²) in [5, 5.41) is 0. The lowest BCUT2D eigenvalue weighted by Gasteiger charge is -2.36. The zero-order valence-electron chi connectivity index (χ0n) is 15.8. The first kappa shape index (κ1) is 17.9. The first-order chi connectivity index (χ1) is 13.1. The van der Waals surface area contributed by atoms with Crippen molar-refractivity contribution in [3.05, 3.63) is 53.9 Å². The van der Waals surface area contributed by atoms with E-state index >= 15 is 0 Å². The van der Waals surface area contributed by atoms with E-state index in [9.17, 15) is 4.79 Å². The number of carbonyl (C=O) groups is 1. The highest BCUT2D eigenvalue weighted by Gasteiger charge is 2.25. The molecule has 1 amide bonds. The van der Waals surface area contributed by atoms with Crippen LogP contribution in [0.3, 0.4) is 0 Å². The molecule has 0 bridgehead atoms.